The quantitative estimate of drug-likeness (QED) is 0.665. The Balaban J connectivity index is 2.13. The maximum Gasteiger partial charge on any atom is 0.123 e. The first-order valence-electron chi connectivity index (χ1n) is 5.62. The Kier molecular flexibility index (Phi) is 3.71. The number of benzene rings is 1. The van der Waals surface area contributed by atoms with Gasteiger partial charge in [0.25, 0.3) is 0 Å². The Morgan fingerprint density at radius 3 is 2.84 bits per heavy atom. The molecule has 1 unspecified atom stereocenters. The van der Waals surface area contributed by atoms with E-state index >= 15 is 0 Å². The van der Waals surface area contributed by atoms with Gasteiger partial charge in [-0.1, -0.05) is 18.2 Å². The van der Waals surface area contributed by atoms with Crippen molar-refractivity contribution < 1.29 is 5.11 Å². The molecular weight excluding hydrogens is 390 g/mol. The minimum absolute atomic E-state index is 0.629. The minimum Gasteiger partial charge on any atom is -0.382 e. The van der Waals surface area contributed by atoms with Crippen molar-refractivity contribution in [1.82, 2.24) is 4.98 Å². The van der Waals surface area contributed by atoms with Gasteiger partial charge in [0.2, 0.25) is 0 Å². The molecule has 19 heavy (non-hydrogen) atoms. The summed E-state index contributed by atoms with van der Waals surface area (Å²) >= 11 is 8.45. The van der Waals surface area contributed by atoms with Gasteiger partial charge in [0.05, 0.1) is 5.69 Å². The van der Waals surface area contributed by atoms with E-state index in [1.165, 1.54) is 0 Å². The Morgan fingerprint density at radius 1 is 1.21 bits per heavy atom. The number of aromatic nitrogens is 1. The summed E-state index contributed by atoms with van der Waals surface area (Å²) in [4.78, 5) is 4.31. The number of aliphatic hydroxyl groups excluding tert-OH is 1. The van der Waals surface area contributed by atoms with Crippen LogP contribution in [0.25, 0.3) is 10.1 Å². The van der Waals surface area contributed by atoms with Crippen molar-refractivity contribution in [3.63, 3.8) is 0 Å². The van der Waals surface area contributed by atoms with Gasteiger partial charge in [-0.3, -0.25) is 4.98 Å². The molecule has 2 heterocycles. The van der Waals surface area contributed by atoms with E-state index in [2.05, 4.69) is 42.9 Å². The molecule has 0 amide bonds. The van der Waals surface area contributed by atoms with E-state index in [-0.39, 0.29) is 0 Å². The third-order valence-electron chi connectivity index (χ3n) is 2.90. The number of hydrogen-bond acceptors (Lipinski definition) is 3. The Bertz CT molecular complexity index is 741. The van der Waals surface area contributed by atoms with Crippen molar-refractivity contribution in [1.29, 1.82) is 0 Å². The second-order valence-corrected chi connectivity index (χ2v) is 6.80. The molecule has 3 rings (SSSR count). The van der Waals surface area contributed by atoms with Crippen molar-refractivity contribution in [3.05, 3.63) is 62.1 Å². The summed E-state index contributed by atoms with van der Waals surface area (Å²) in [6, 6.07) is 9.90. The fourth-order valence-corrected chi connectivity index (χ4v) is 4.15. The summed E-state index contributed by atoms with van der Waals surface area (Å²) in [6.07, 6.45) is 0.961. The van der Waals surface area contributed by atoms with Crippen LogP contribution in [0, 0.1) is 0 Å². The minimum atomic E-state index is -0.732. The first-order valence-corrected chi connectivity index (χ1v) is 8.08. The van der Waals surface area contributed by atoms with Gasteiger partial charge in [-0.05, 0) is 54.8 Å². The molecule has 5 heteroatoms. The van der Waals surface area contributed by atoms with Gasteiger partial charge in [-0.2, -0.15) is 0 Å². The Labute approximate surface area is 131 Å². The molecule has 0 saturated heterocycles. The van der Waals surface area contributed by atoms with Gasteiger partial charge in [0.15, 0.2) is 0 Å². The van der Waals surface area contributed by atoms with Crippen LogP contribution in [0.5, 0.6) is 0 Å². The molecule has 3 aromatic rings. The molecule has 1 N–H and O–H groups in total. The van der Waals surface area contributed by atoms with Gasteiger partial charge < -0.3 is 5.11 Å². The van der Waals surface area contributed by atoms with E-state index in [9.17, 15) is 5.11 Å². The second kappa shape index (κ2) is 5.32. The van der Waals surface area contributed by atoms with Crippen molar-refractivity contribution in [2.75, 3.05) is 0 Å². The molecule has 0 aliphatic heterocycles. The summed E-state index contributed by atoms with van der Waals surface area (Å²) < 4.78 is 2.78. The zero-order valence-corrected chi connectivity index (χ0v) is 13.7. The monoisotopic (exact) mass is 397 g/mol. The molecule has 96 valence electrons. The highest BCUT2D eigenvalue weighted by atomic mass is 79.9. The smallest absolute Gasteiger partial charge is 0.123 e. The van der Waals surface area contributed by atoms with Crippen LogP contribution in [0.15, 0.2) is 50.9 Å². The number of hydrogen-bond donors (Lipinski definition) is 1. The Morgan fingerprint density at radius 2 is 2.05 bits per heavy atom. The second-order valence-electron chi connectivity index (χ2n) is 4.11. The van der Waals surface area contributed by atoms with Gasteiger partial charge >= 0.3 is 0 Å². The maximum absolute atomic E-state index is 10.6. The van der Waals surface area contributed by atoms with Gasteiger partial charge in [-0.25, -0.2) is 0 Å². The van der Waals surface area contributed by atoms with Crippen LogP contribution in [0.3, 0.4) is 0 Å². The van der Waals surface area contributed by atoms with E-state index < -0.39 is 6.10 Å². The van der Waals surface area contributed by atoms with Crippen LogP contribution >= 0.6 is 43.2 Å². The standard InChI is InChI=1S/C14H9Br2NOS/c15-9-6-11(16)12(17-7-9)13(18)10-3-1-2-8-4-5-19-14(8)10/h1-7,13,18H. The molecule has 0 aliphatic rings. The molecular formula is C14H9Br2NOS. The summed E-state index contributed by atoms with van der Waals surface area (Å²) in [5.41, 5.74) is 1.52. The van der Waals surface area contributed by atoms with Crippen LogP contribution in [0.4, 0.5) is 0 Å². The van der Waals surface area contributed by atoms with E-state index in [0.29, 0.717) is 5.69 Å². The lowest BCUT2D eigenvalue weighted by Crippen LogP contribution is -2.03. The number of halogens is 2. The van der Waals surface area contributed by atoms with Crippen molar-refractivity contribution in [3.8, 4) is 0 Å². The number of rotatable bonds is 2. The Hall–Kier alpha value is -0.750. The highest BCUT2D eigenvalue weighted by molar-refractivity contribution is 9.11. The molecule has 0 spiro atoms. The van der Waals surface area contributed by atoms with Crippen molar-refractivity contribution >= 4 is 53.3 Å². The molecule has 2 nitrogen and oxygen atoms in total. The number of fused-ring (bicyclic) bond motifs is 1. The van der Waals surface area contributed by atoms with Gasteiger partial charge in [0, 0.05) is 25.4 Å². The third-order valence-corrected chi connectivity index (χ3v) is 4.95. The maximum atomic E-state index is 10.6. The fourth-order valence-electron chi connectivity index (χ4n) is 2.01. The largest absolute Gasteiger partial charge is 0.382 e. The highest BCUT2D eigenvalue weighted by Gasteiger charge is 2.18. The molecule has 0 bridgehead atoms. The number of aliphatic hydroxyl groups is 1. The SMILES string of the molecule is OC(c1ncc(Br)cc1Br)c1cccc2ccsc12. The highest BCUT2D eigenvalue weighted by Crippen LogP contribution is 2.34. The average Bonchev–Trinajstić information content (AvgIpc) is 2.86. The molecule has 0 saturated carbocycles. The van der Waals surface area contributed by atoms with Crippen LogP contribution in [-0.4, -0.2) is 10.1 Å². The van der Waals surface area contributed by atoms with E-state index in [4.69, 9.17) is 0 Å². The molecule has 0 radical (unpaired) electrons. The predicted molar refractivity (Wildman–Crippen MR) is 85.5 cm³/mol. The zero-order chi connectivity index (χ0) is 13.4. The van der Waals surface area contributed by atoms with Gasteiger partial charge in [0.1, 0.15) is 6.10 Å². The summed E-state index contributed by atoms with van der Waals surface area (Å²) in [7, 11) is 0. The van der Waals surface area contributed by atoms with Gasteiger partial charge in [-0.15, -0.1) is 11.3 Å². The normalized spacial score (nSPS) is 12.8. The lowest BCUT2D eigenvalue weighted by atomic mass is 10.0. The summed E-state index contributed by atoms with van der Waals surface area (Å²) in [5, 5.41) is 13.8. The molecule has 2 aromatic heterocycles. The summed E-state index contributed by atoms with van der Waals surface area (Å²) in [6.45, 7) is 0. The molecule has 1 aromatic carbocycles. The average molecular weight is 399 g/mol. The van der Waals surface area contributed by atoms with E-state index in [1.807, 2.05) is 29.6 Å². The fraction of sp³-hybridized carbons (Fsp3) is 0.0714. The third kappa shape index (κ3) is 2.48. The van der Waals surface area contributed by atoms with Crippen LogP contribution in [-0.2, 0) is 0 Å². The lowest BCUT2D eigenvalue weighted by Gasteiger charge is -2.13. The van der Waals surface area contributed by atoms with E-state index in [0.717, 1.165) is 24.6 Å². The van der Waals surface area contributed by atoms with Crippen LogP contribution < -0.4 is 0 Å². The molecule has 1 atom stereocenters. The lowest BCUT2D eigenvalue weighted by molar-refractivity contribution is 0.216. The van der Waals surface area contributed by atoms with Crippen molar-refractivity contribution in [2.24, 2.45) is 0 Å². The van der Waals surface area contributed by atoms with Crippen LogP contribution in [0.2, 0.25) is 0 Å². The zero-order valence-electron chi connectivity index (χ0n) is 9.68. The molecule has 0 fully saturated rings. The molecule has 0 aliphatic carbocycles. The number of thiophene rings is 1. The van der Waals surface area contributed by atoms with Crippen LogP contribution in [0.1, 0.15) is 17.4 Å². The topological polar surface area (TPSA) is 33.1 Å². The van der Waals surface area contributed by atoms with E-state index in [1.54, 1.807) is 17.5 Å². The first-order chi connectivity index (χ1) is 9.16. The predicted octanol–water partition coefficient (Wildman–Crippen LogP) is 4.90. The first kappa shape index (κ1) is 13.2. The van der Waals surface area contributed by atoms with Crippen molar-refractivity contribution in [2.45, 2.75) is 6.10 Å². The summed E-state index contributed by atoms with van der Waals surface area (Å²) in [5.74, 6) is 0. The number of pyridine rings is 1. The number of nitrogens with zero attached hydrogens (tertiary/aromatic N) is 1.